The highest BCUT2D eigenvalue weighted by Gasteiger charge is 2.28. The van der Waals surface area contributed by atoms with E-state index in [2.05, 4.69) is 5.32 Å². The third-order valence-electron chi connectivity index (χ3n) is 1.65. The Labute approximate surface area is 55.6 Å². The van der Waals surface area contributed by atoms with Crippen LogP contribution in [0.4, 0.5) is 0 Å². The van der Waals surface area contributed by atoms with Crippen molar-refractivity contribution in [3.05, 3.63) is 0 Å². The Kier molecular flexibility index (Phi) is 2.22. The van der Waals surface area contributed by atoms with E-state index >= 15 is 0 Å². The minimum absolute atomic E-state index is 0.443. The van der Waals surface area contributed by atoms with Crippen LogP contribution in [0.15, 0.2) is 0 Å². The highest BCUT2D eigenvalue weighted by atomic mass is 16.1. The predicted molar refractivity (Wildman–Crippen MR) is 36.3 cm³/mol. The second-order valence-corrected chi connectivity index (χ2v) is 2.59. The average Bonchev–Trinajstić information content (AvgIpc) is 2.63. The minimum Gasteiger partial charge on any atom is -0.319 e. The van der Waals surface area contributed by atoms with Gasteiger partial charge in [-0.15, -0.1) is 0 Å². The largest absolute Gasteiger partial charge is 0.319 e. The van der Waals surface area contributed by atoms with E-state index < -0.39 is 0 Å². The van der Waals surface area contributed by atoms with Gasteiger partial charge in [0.05, 0.1) is 0 Å². The van der Waals surface area contributed by atoms with Gasteiger partial charge in [-0.25, -0.2) is 0 Å². The molecule has 0 saturated heterocycles. The van der Waals surface area contributed by atoms with E-state index in [1.807, 2.05) is 7.05 Å². The molecule has 1 aliphatic carbocycles. The summed E-state index contributed by atoms with van der Waals surface area (Å²) in [5.74, 6) is 0.891. The van der Waals surface area contributed by atoms with Crippen molar-refractivity contribution in [3.8, 4) is 0 Å². The van der Waals surface area contributed by atoms with Crippen LogP contribution in [0.5, 0.6) is 0 Å². The summed E-state index contributed by atoms with van der Waals surface area (Å²) in [5.41, 5.74) is 0. The molecule has 1 saturated carbocycles. The van der Waals surface area contributed by atoms with Crippen LogP contribution in [0.3, 0.4) is 0 Å². The van der Waals surface area contributed by atoms with Crippen LogP contribution in [-0.2, 0) is 4.79 Å². The number of hydrogen-bond donors (Lipinski definition) is 1. The number of Topliss-reactive ketones (excluding diaryl/α,β-unsaturated/α-hetero) is 1. The summed E-state index contributed by atoms with van der Waals surface area (Å²) >= 11 is 0. The fourth-order valence-corrected chi connectivity index (χ4v) is 0.858. The van der Waals surface area contributed by atoms with Gasteiger partial charge in [-0.2, -0.15) is 0 Å². The Balaban J connectivity index is 2.03. The van der Waals surface area contributed by atoms with Gasteiger partial charge < -0.3 is 5.32 Å². The Morgan fingerprint density at radius 1 is 1.67 bits per heavy atom. The Hall–Kier alpha value is -0.370. The van der Waals surface area contributed by atoms with Crippen molar-refractivity contribution < 1.29 is 4.79 Å². The van der Waals surface area contributed by atoms with Crippen molar-refractivity contribution in [2.75, 3.05) is 13.6 Å². The maximum Gasteiger partial charge on any atom is 0.137 e. The van der Waals surface area contributed by atoms with E-state index in [0.717, 1.165) is 25.8 Å². The van der Waals surface area contributed by atoms with E-state index in [4.69, 9.17) is 0 Å². The maximum atomic E-state index is 10.9. The van der Waals surface area contributed by atoms with E-state index in [1.165, 1.54) is 0 Å². The zero-order valence-electron chi connectivity index (χ0n) is 5.81. The normalized spacial score (nSPS) is 17.9. The van der Waals surface area contributed by atoms with Gasteiger partial charge in [0.1, 0.15) is 5.78 Å². The minimum atomic E-state index is 0.443. The molecule has 1 aliphatic rings. The summed E-state index contributed by atoms with van der Waals surface area (Å²) < 4.78 is 0. The van der Waals surface area contributed by atoms with Gasteiger partial charge in [0.25, 0.3) is 0 Å². The molecule has 2 nitrogen and oxygen atoms in total. The maximum absolute atomic E-state index is 10.9. The zero-order valence-corrected chi connectivity index (χ0v) is 5.81. The number of carbonyl (C=O) groups is 1. The topological polar surface area (TPSA) is 29.1 Å². The smallest absolute Gasteiger partial charge is 0.137 e. The Bertz CT molecular complexity index is 107. The van der Waals surface area contributed by atoms with Gasteiger partial charge in [0.2, 0.25) is 0 Å². The lowest BCUT2D eigenvalue weighted by Gasteiger charge is -1.94. The van der Waals surface area contributed by atoms with Gasteiger partial charge in [0, 0.05) is 18.9 Å². The van der Waals surface area contributed by atoms with Crippen molar-refractivity contribution in [1.82, 2.24) is 5.32 Å². The van der Waals surface area contributed by atoms with Crippen LogP contribution in [0.1, 0.15) is 19.3 Å². The summed E-state index contributed by atoms with van der Waals surface area (Å²) in [6.45, 7) is 0.843. The molecule has 0 unspecified atom stereocenters. The fourth-order valence-electron chi connectivity index (χ4n) is 0.858. The van der Waals surface area contributed by atoms with Gasteiger partial charge in [-0.05, 0) is 19.9 Å². The molecule has 1 rings (SSSR count). The average molecular weight is 127 g/mol. The molecule has 0 aromatic carbocycles. The first-order chi connectivity index (χ1) is 4.34. The lowest BCUT2D eigenvalue weighted by Crippen LogP contribution is -2.13. The third-order valence-corrected chi connectivity index (χ3v) is 1.65. The molecule has 52 valence electrons. The van der Waals surface area contributed by atoms with E-state index in [1.54, 1.807) is 0 Å². The fraction of sp³-hybridized carbons (Fsp3) is 0.857. The molecular weight excluding hydrogens is 114 g/mol. The van der Waals surface area contributed by atoms with Crippen LogP contribution in [0.25, 0.3) is 0 Å². The van der Waals surface area contributed by atoms with Crippen molar-refractivity contribution in [2.45, 2.75) is 19.3 Å². The quantitative estimate of drug-likeness (QED) is 0.598. The number of rotatable bonds is 4. The molecule has 0 heterocycles. The van der Waals surface area contributed by atoms with Crippen molar-refractivity contribution in [3.63, 3.8) is 0 Å². The lowest BCUT2D eigenvalue weighted by molar-refractivity contribution is -0.120. The molecule has 1 N–H and O–H groups in total. The van der Waals surface area contributed by atoms with E-state index in [9.17, 15) is 4.79 Å². The molecule has 9 heavy (non-hydrogen) atoms. The highest BCUT2D eigenvalue weighted by molar-refractivity contribution is 5.83. The first-order valence-corrected chi connectivity index (χ1v) is 3.52. The number of nitrogens with one attached hydrogen (secondary N) is 1. The van der Waals surface area contributed by atoms with Gasteiger partial charge in [0.15, 0.2) is 0 Å². The molecule has 0 aliphatic heterocycles. The second-order valence-electron chi connectivity index (χ2n) is 2.59. The molecule has 0 aromatic rings. The molecule has 1 fully saturated rings. The molecular formula is C7H13NO. The van der Waals surface area contributed by atoms with Crippen LogP contribution in [0.2, 0.25) is 0 Å². The molecule has 0 radical (unpaired) electrons. The van der Waals surface area contributed by atoms with Crippen LogP contribution >= 0.6 is 0 Å². The summed E-state index contributed by atoms with van der Waals surface area (Å²) in [6, 6.07) is 0. The summed E-state index contributed by atoms with van der Waals surface area (Å²) in [6.07, 6.45) is 3.01. The number of carbonyl (C=O) groups excluding carboxylic acids is 1. The standard InChI is InChI=1S/C7H13NO/c1-8-5-4-7(9)6-2-3-6/h6,8H,2-5H2,1H3. The van der Waals surface area contributed by atoms with E-state index in [-0.39, 0.29) is 0 Å². The van der Waals surface area contributed by atoms with Gasteiger partial charge in [-0.1, -0.05) is 0 Å². The van der Waals surface area contributed by atoms with Crippen LogP contribution in [0, 0.1) is 5.92 Å². The van der Waals surface area contributed by atoms with Crippen LogP contribution in [-0.4, -0.2) is 19.4 Å². The second kappa shape index (κ2) is 2.97. The number of ketones is 1. The van der Waals surface area contributed by atoms with Crippen molar-refractivity contribution in [2.24, 2.45) is 5.92 Å². The Morgan fingerprint density at radius 2 is 2.33 bits per heavy atom. The summed E-state index contributed by atoms with van der Waals surface area (Å²) in [7, 11) is 1.88. The Morgan fingerprint density at radius 3 is 2.78 bits per heavy atom. The third kappa shape index (κ3) is 2.14. The molecule has 0 bridgehead atoms. The van der Waals surface area contributed by atoms with Gasteiger partial charge >= 0.3 is 0 Å². The molecule has 2 heteroatoms. The zero-order chi connectivity index (χ0) is 6.69. The lowest BCUT2D eigenvalue weighted by atomic mass is 10.2. The van der Waals surface area contributed by atoms with E-state index in [0.29, 0.717) is 11.7 Å². The van der Waals surface area contributed by atoms with Gasteiger partial charge in [-0.3, -0.25) is 4.79 Å². The predicted octanol–water partition coefficient (Wildman–Crippen LogP) is 0.575. The first-order valence-electron chi connectivity index (χ1n) is 3.52. The molecule has 0 spiro atoms. The van der Waals surface area contributed by atoms with Crippen molar-refractivity contribution in [1.29, 1.82) is 0 Å². The first kappa shape index (κ1) is 6.75. The monoisotopic (exact) mass is 127 g/mol. The highest BCUT2D eigenvalue weighted by Crippen LogP contribution is 2.30. The molecule has 0 atom stereocenters. The SMILES string of the molecule is CNCCC(=O)C1CC1. The molecule has 0 aromatic heterocycles. The van der Waals surface area contributed by atoms with Crippen molar-refractivity contribution >= 4 is 5.78 Å². The summed E-state index contributed by atoms with van der Waals surface area (Å²) in [4.78, 5) is 10.9. The summed E-state index contributed by atoms with van der Waals surface area (Å²) in [5, 5.41) is 2.96. The van der Waals surface area contributed by atoms with Crippen LogP contribution < -0.4 is 5.32 Å². The molecule has 0 amide bonds. The number of hydrogen-bond acceptors (Lipinski definition) is 2.